The lowest BCUT2D eigenvalue weighted by Gasteiger charge is -2.42. The fourth-order valence-corrected chi connectivity index (χ4v) is 2.27. The van der Waals surface area contributed by atoms with E-state index in [-0.39, 0.29) is 18.5 Å². The molecule has 0 aromatic rings. The molecular weight excluding hydrogens is 246 g/mol. The van der Waals surface area contributed by atoms with E-state index in [0.29, 0.717) is 6.54 Å². The second-order valence-electron chi connectivity index (χ2n) is 6.09. The van der Waals surface area contributed by atoms with Crippen molar-refractivity contribution in [1.82, 2.24) is 4.90 Å². The summed E-state index contributed by atoms with van der Waals surface area (Å²) in [5.74, 6) is 0. The standard InChI is InChI=1S/C14H27NO4/c1-6-14(18-11-17-5)8-7-9-15(10-14)12(16)19-13(2,3)4/h6-11H2,1-5H3. The average molecular weight is 273 g/mol. The molecule has 1 unspecified atom stereocenters. The molecular formula is C14H27NO4. The SMILES string of the molecule is CCC1(OCOC)CCCN(C(=O)OC(C)(C)C)C1. The van der Waals surface area contributed by atoms with Crippen LogP contribution in [0.1, 0.15) is 47.0 Å². The van der Waals surface area contributed by atoms with Crippen molar-refractivity contribution >= 4 is 6.09 Å². The summed E-state index contributed by atoms with van der Waals surface area (Å²) in [6.45, 7) is 9.27. The fourth-order valence-electron chi connectivity index (χ4n) is 2.27. The molecule has 5 nitrogen and oxygen atoms in total. The van der Waals surface area contributed by atoms with Crippen molar-refractivity contribution < 1.29 is 19.0 Å². The van der Waals surface area contributed by atoms with Crippen LogP contribution in [0.5, 0.6) is 0 Å². The van der Waals surface area contributed by atoms with Crippen LogP contribution in [0.3, 0.4) is 0 Å². The smallest absolute Gasteiger partial charge is 0.410 e. The summed E-state index contributed by atoms with van der Waals surface area (Å²) in [4.78, 5) is 13.9. The van der Waals surface area contributed by atoms with Gasteiger partial charge >= 0.3 is 6.09 Å². The first-order chi connectivity index (χ1) is 8.82. The number of rotatable bonds is 4. The zero-order valence-corrected chi connectivity index (χ0v) is 12.8. The third kappa shape index (κ3) is 4.99. The summed E-state index contributed by atoms with van der Waals surface area (Å²) in [5.41, 5.74) is -0.762. The van der Waals surface area contributed by atoms with Gasteiger partial charge in [-0.25, -0.2) is 4.79 Å². The van der Waals surface area contributed by atoms with Crippen LogP contribution in [-0.4, -0.2) is 49.2 Å². The Morgan fingerprint density at radius 1 is 1.37 bits per heavy atom. The number of methoxy groups -OCH3 is 1. The number of amides is 1. The minimum Gasteiger partial charge on any atom is -0.444 e. The Hall–Kier alpha value is -0.810. The van der Waals surface area contributed by atoms with Gasteiger partial charge in [-0.3, -0.25) is 0 Å². The largest absolute Gasteiger partial charge is 0.444 e. The molecule has 1 saturated heterocycles. The molecule has 1 fully saturated rings. The Morgan fingerprint density at radius 3 is 2.58 bits per heavy atom. The molecule has 1 atom stereocenters. The van der Waals surface area contributed by atoms with Gasteiger partial charge in [0.05, 0.1) is 12.1 Å². The number of likely N-dealkylation sites (tertiary alicyclic amines) is 1. The highest BCUT2D eigenvalue weighted by Gasteiger charge is 2.38. The number of carbonyl (C=O) groups is 1. The molecule has 0 radical (unpaired) electrons. The van der Waals surface area contributed by atoms with E-state index in [2.05, 4.69) is 6.92 Å². The van der Waals surface area contributed by atoms with Gasteiger partial charge in [-0.05, 0) is 40.0 Å². The Balaban J connectivity index is 2.64. The second-order valence-corrected chi connectivity index (χ2v) is 6.09. The van der Waals surface area contributed by atoms with Crippen molar-refractivity contribution in [2.24, 2.45) is 0 Å². The third-order valence-electron chi connectivity index (χ3n) is 3.32. The first kappa shape index (κ1) is 16.2. The number of piperidine rings is 1. The highest BCUT2D eigenvalue weighted by molar-refractivity contribution is 5.68. The zero-order valence-electron chi connectivity index (χ0n) is 12.8. The van der Waals surface area contributed by atoms with Crippen LogP contribution in [-0.2, 0) is 14.2 Å². The van der Waals surface area contributed by atoms with Gasteiger partial charge in [0.1, 0.15) is 12.4 Å². The molecule has 0 aliphatic carbocycles. The van der Waals surface area contributed by atoms with Crippen molar-refractivity contribution in [2.75, 3.05) is 27.0 Å². The van der Waals surface area contributed by atoms with E-state index in [1.165, 1.54) is 0 Å². The molecule has 1 heterocycles. The van der Waals surface area contributed by atoms with Gasteiger partial charge in [-0.2, -0.15) is 0 Å². The molecule has 0 aromatic carbocycles. The minimum atomic E-state index is -0.462. The second kappa shape index (κ2) is 6.57. The molecule has 1 aliphatic heterocycles. The van der Waals surface area contributed by atoms with E-state index in [1.807, 2.05) is 20.8 Å². The molecule has 0 bridgehead atoms. The molecule has 1 rings (SSSR count). The summed E-state index contributed by atoms with van der Waals surface area (Å²) in [6, 6.07) is 0. The molecule has 0 spiro atoms. The van der Waals surface area contributed by atoms with E-state index in [0.717, 1.165) is 25.8 Å². The minimum absolute atomic E-state index is 0.258. The highest BCUT2D eigenvalue weighted by Crippen LogP contribution is 2.29. The van der Waals surface area contributed by atoms with Crippen LogP contribution in [0.2, 0.25) is 0 Å². The summed E-state index contributed by atoms with van der Waals surface area (Å²) < 4.78 is 16.2. The molecule has 112 valence electrons. The van der Waals surface area contributed by atoms with E-state index in [9.17, 15) is 4.79 Å². The van der Waals surface area contributed by atoms with Crippen molar-refractivity contribution in [3.05, 3.63) is 0 Å². The van der Waals surface area contributed by atoms with Crippen molar-refractivity contribution in [3.8, 4) is 0 Å². The van der Waals surface area contributed by atoms with Crippen LogP contribution in [0, 0.1) is 0 Å². The number of nitrogens with zero attached hydrogens (tertiary/aromatic N) is 1. The lowest BCUT2D eigenvalue weighted by molar-refractivity contribution is -0.154. The Labute approximate surface area is 116 Å². The quantitative estimate of drug-likeness (QED) is 0.739. The van der Waals surface area contributed by atoms with Gasteiger partial charge < -0.3 is 19.1 Å². The normalized spacial score (nSPS) is 24.4. The fraction of sp³-hybridized carbons (Fsp3) is 0.929. The van der Waals surface area contributed by atoms with Crippen LogP contribution in [0.15, 0.2) is 0 Å². The van der Waals surface area contributed by atoms with Crippen LogP contribution < -0.4 is 0 Å². The van der Waals surface area contributed by atoms with E-state index in [1.54, 1.807) is 12.0 Å². The van der Waals surface area contributed by atoms with Crippen LogP contribution in [0.4, 0.5) is 4.79 Å². The summed E-state index contributed by atoms with van der Waals surface area (Å²) in [5, 5.41) is 0. The van der Waals surface area contributed by atoms with Crippen molar-refractivity contribution in [1.29, 1.82) is 0 Å². The van der Waals surface area contributed by atoms with E-state index in [4.69, 9.17) is 14.2 Å². The molecule has 0 N–H and O–H groups in total. The average Bonchev–Trinajstić information content (AvgIpc) is 2.34. The maximum Gasteiger partial charge on any atom is 0.410 e. The number of hydrogen-bond donors (Lipinski definition) is 0. The maximum atomic E-state index is 12.1. The summed E-state index contributed by atoms with van der Waals surface area (Å²) >= 11 is 0. The van der Waals surface area contributed by atoms with Gasteiger partial charge in [0, 0.05) is 13.7 Å². The lowest BCUT2D eigenvalue weighted by Crippen LogP contribution is -2.52. The molecule has 0 aromatic heterocycles. The predicted molar refractivity (Wildman–Crippen MR) is 73.0 cm³/mol. The number of ether oxygens (including phenoxy) is 3. The zero-order chi connectivity index (χ0) is 14.5. The predicted octanol–water partition coefficient (Wildman–Crippen LogP) is 2.79. The molecule has 5 heteroatoms. The lowest BCUT2D eigenvalue weighted by atomic mass is 9.90. The van der Waals surface area contributed by atoms with Crippen molar-refractivity contribution in [3.63, 3.8) is 0 Å². The molecule has 1 aliphatic rings. The Bertz CT molecular complexity index is 300. The van der Waals surface area contributed by atoms with Crippen LogP contribution in [0.25, 0.3) is 0 Å². The van der Waals surface area contributed by atoms with E-state index < -0.39 is 5.60 Å². The Morgan fingerprint density at radius 2 is 2.05 bits per heavy atom. The summed E-state index contributed by atoms with van der Waals surface area (Å²) in [7, 11) is 1.61. The topological polar surface area (TPSA) is 48.0 Å². The van der Waals surface area contributed by atoms with E-state index >= 15 is 0 Å². The highest BCUT2D eigenvalue weighted by atomic mass is 16.7. The number of hydrogen-bond acceptors (Lipinski definition) is 4. The molecule has 19 heavy (non-hydrogen) atoms. The van der Waals surface area contributed by atoms with Gasteiger partial charge in [0.25, 0.3) is 0 Å². The van der Waals surface area contributed by atoms with Gasteiger partial charge in [-0.15, -0.1) is 0 Å². The number of carbonyl (C=O) groups excluding carboxylic acids is 1. The third-order valence-corrected chi connectivity index (χ3v) is 3.32. The van der Waals surface area contributed by atoms with Crippen LogP contribution >= 0.6 is 0 Å². The molecule has 1 amide bonds. The van der Waals surface area contributed by atoms with Crippen molar-refractivity contribution in [2.45, 2.75) is 58.2 Å². The first-order valence-corrected chi connectivity index (χ1v) is 6.93. The van der Waals surface area contributed by atoms with Gasteiger partial charge in [0.2, 0.25) is 0 Å². The monoisotopic (exact) mass is 273 g/mol. The first-order valence-electron chi connectivity index (χ1n) is 6.93. The van der Waals surface area contributed by atoms with Gasteiger partial charge in [-0.1, -0.05) is 6.92 Å². The van der Waals surface area contributed by atoms with Gasteiger partial charge in [0.15, 0.2) is 0 Å². The maximum absolute atomic E-state index is 12.1. The summed E-state index contributed by atoms with van der Waals surface area (Å²) in [6.07, 6.45) is 2.48. The Kier molecular flexibility index (Phi) is 5.62. The molecule has 0 saturated carbocycles.